The van der Waals surface area contributed by atoms with Gasteiger partial charge in [-0.3, -0.25) is 0 Å². The van der Waals surface area contributed by atoms with E-state index in [0.717, 1.165) is 32.1 Å². The first-order chi connectivity index (χ1) is 10.8. The van der Waals surface area contributed by atoms with E-state index in [4.69, 9.17) is 8.85 Å². The molecule has 0 bridgehead atoms. The van der Waals surface area contributed by atoms with E-state index in [1.807, 2.05) is 0 Å². The van der Waals surface area contributed by atoms with E-state index in [2.05, 4.69) is 62.5 Å². The predicted molar refractivity (Wildman–Crippen MR) is 96.1 cm³/mol. The molecular weight excluding hydrogens is 288 g/mol. The Morgan fingerprint density at radius 2 is 1.27 bits per heavy atom. The second-order valence-electron chi connectivity index (χ2n) is 6.11. The molecule has 0 spiro atoms. The summed E-state index contributed by atoms with van der Waals surface area (Å²) in [7, 11) is -1.51. The van der Waals surface area contributed by atoms with Crippen LogP contribution in [0.3, 0.4) is 0 Å². The van der Waals surface area contributed by atoms with Crippen LogP contribution in [0, 0.1) is 17.8 Å². The molecule has 0 saturated carbocycles. The number of hydrogen-bond donors (Lipinski definition) is 0. The Morgan fingerprint density at radius 1 is 0.818 bits per heavy atom. The summed E-state index contributed by atoms with van der Waals surface area (Å²) in [6.45, 7) is 6.02. The van der Waals surface area contributed by atoms with Crippen LogP contribution in [0.4, 0.5) is 0 Å². The van der Waals surface area contributed by atoms with Crippen molar-refractivity contribution in [3.63, 3.8) is 0 Å². The summed E-state index contributed by atoms with van der Waals surface area (Å²) in [5.41, 5.74) is 0. The lowest BCUT2D eigenvalue weighted by Crippen LogP contribution is -2.27. The van der Waals surface area contributed by atoms with Crippen LogP contribution in [0.1, 0.15) is 33.1 Å². The van der Waals surface area contributed by atoms with Crippen molar-refractivity contribution in [1.82, 2.24) is 0 Å². The molecule has 0 aromatic carbocycles. The van der Waals surface area contributed by atoms with Gasteiger partial charge in [0.05, 0.1) is 0 Å². The molecule has 2 nitrogen and oxygen atoms in total. The summed E-state index contributed by atoms with van der Waals surface area (Å²) in [5, 5.41) is 0. The van der Waals surface area contributed by atoms with E-state index in [1.165, 1.54) is 6.42 Å². The molecule has 0 atom stereocenters. The van der Waals surface area contributed by atoms with E-state index < -0.39 is 9.28 Å². The van der Waals surface area contributed by atoms with Crippen LogP contribution in [-0.4, -0.2) is 22.5 Å². The third kappa shape index (κ3) is 5.38. The van der Waals surface area contributed by atoms with Gasteiger partial charge in [-0.1, -0.05) is 62.5 Å². The second kappa shape index (κ2) is 9.98. The first-order valence-electron chi connectivity index (χ1n) is 8.78. The van der Waals surface area contributed by atoms with E-state index in [-0.39, 0.29) is 0 Å². The third-order valence-electron chi connectivity index (χ3n) is 4.30. The Labute approximate surface area is 137 Å². The lowest BCUT2D eigenvalue weighted by molar-refractivity contribution is 0.192. The standard InChI is InChI=1S/C19H30O2Si/c1-3-14-20-22(21-15-4-2)16-13-19(17-9-5-6-10-17)18-11-7-8-12-18/h5-12,17-19,22H,3-4,13-16H2,1-2H3. The van der Waals surface area contributed by atoms with Crippen molar-refractivity contribution in [1.29, 1.82) is 0 Å². The van der Waals surface area contributed by atoms with Gasteiger partial charge in [0.1, 0.15) is 0 Å². The van der Waals surface area contributed by atoms with Gasteiger partial charge in [0.25, 0.3) is 0 Å². The first kappa shape index (κ1) is 17.5. The minimum Gasteiger partial charge on any atom is -0.397 e. The molecule has 0 N–H and O–H groups in total. The highest BCUT2D eigenvalue weighted by Gasteiger charge is 2.27. The molecule has 0 aliphatic heterocycles. The molecule has 3 heteroatoms. The van der Waals surface area contributed by atoms with Gasteiger partial charge in [-0.25, -0.2) is 0 Å². The van der Waals surface area contributed by atoms with Crippen molar-refractivity contribution in [3.8, 4) is 0 Å². The summed E-state index contributed by atoms with van der Waals surface area (Å²) in [5.74, 6) is 1.75. The van der Waals surface area contributed by atoms with Crippen molar-refractivity contribution in [2.75, 3.05) is 13.2 Å². The molecule has 0 aromatic heterocycles. The number of allylic oxidation sites excluding steroid dienone is 8. The summed E-state index contributed by atoms with van der Waals surface area (Å²) in [6.07, 6.45) is 21.4. The van der Waals surface area contributed by atoms with Crippen molar-refractivity contribution in [3.05, 3.63) is 48.6 Å². The molecule has 2 rings (SSSR count). The van der Waals surface area contributed by atoms with Crippen LogP contribution in [-0.2, 0) is 8.85 Å². The van der Waals surface area contributed by atoms with Crippen molar-refractivity contribution >= 4 is 9.28 Å². The van der Waals surface area contributed by atoms with Crippen molar-refractivity contribution < 1.29 is 8.85 Å². The maximum atomic E-state index is 6.01. The fourth-order valence-electron chi connectivity index (χ4n) is 3.15. The Hall–Kier alpha value is -0.903. The second-order valence-corrected chi connectivity index (χ2v) is 8.21. The summed E-state index contributed by atoms with van der Waals surface area (Å²) < 4.78 is 12.0. The largest absolute Gasteiger partial charge is 0.397 e. The first-order valence-corrected chi connectivity index (χ1v) is 10.5. The predicted octanol–water partition coefficient (Wildman–Crippen LogP) is 4.55. The summed E-state index contributed by atoms with van der Waals surface area (Å²) in [6, 6.07) is 1.11. The highest BCUT2D eigenvalue weighted by molar-refractivity contribution is 6.44. The normalized spacial score (nSPS) is 17.8. The van der Waals surface area contributed by atoms with Crippen LogP contribution in [0.15, 0.2) is 48.6 Å². The van der Waals surface area contributed by atoms with E-state index in [9.17, 15) is 0 Å². The lowest BCUT2D eigenvalue weighted by atomic mass is 9.81. The number of hydrogen-bond acceptors (Lipinski definition) is 2. The van der Waals surface area contributed by atoms with Gasteiger partial charge in [0.15, 0.2) is 0 Å². The van der Waals surface area contributed by atoms with Crippen LogP contribution in [0.5, 0.6) is 0 Å². The van der Waals surface area contributed by atoms with E-state index >= 15 is 0 Å². The van der Waals surface area contributed by atoms with E-state index in [1.54, 1.807) is 0 Å². The molecule has 0 fully saturated rings. The Kier molecular flexibility index (Phi) is 7.92. The molecule has 0 saturated heterocycles. The monoisotopic (exact) mass is 318 g/mol. The zero-order valence-corrected chi connectivity index (χ0v) is 15.1. The molecule has 22 heavy (non-hydrogen) atoms. The van der Waals surface area contributed by atoms with Crippen molar-refractivity contribution in [2.24, 2.45) is 17.8 Å². The fraction of sp³-hybridized carbons (Fsp3) is 0.579. The molecule has 122 valence electrons. The molecule has 0 heterocycles. The highest BCUT2D eigenvalue weighted by atomic mass is 28.3. The lowest BCUT2D eigenvalue weighted by Gasteiger charge is -2.27. The molecule has 0 radical (unpaired) electrons. The van der Waals surface area contributed by atoms with Crippen LogP contribution in [0.25, 0.3) is 0 Å². The van der Waals surface area contributed by atoms with Gasteiger partial charge in [-0.05, 0) is 43.1 Å². The molecule has 2 aliphatic rings. The Bertz CT molecular complexity index is 365. The third-order valence-corrected chi connectivity index (χ3v) is 6.32. The highest BCUT2D eigenvalue weighted by Crippen LogP contribution is 2.34. The quantitative estimate of drug-likeness (QED) is 0.520. The van der Waals surface area contributed by atoms with Gasteiger partial charge in [-0.15, -0.1) is 0 Å². The zero-order chi connectivity index (χ0) is 15.6. The van der Waals surface area contributed by atoms with Crippen LogP contribution >= 0.6 is 0 Å². The molecule has 0 amide bonds. The summed E-state index contributed by atoms with van der Waals surface area (Å²) >= 11 is 0. The zero-order valence-electron chi connectivity index (χ0n) is 14.0. The van der Waals surface area contributed by atoms with Gasteiger partial charge in [0, 0.05) is 13.2 Å². The van der Waals surface area contributed by atoms with Gasteiger partial charge in [-0.2, -0.15) is 0 Å². The fourth-order valence-corrected chi connectivity index (χ4v) is 5.24. The molecule has 0 aromatic rings. The molecular formula is C19H30O2Si. The van der Waals surface area contributed by atoms with Crippen molar-refractivity contribution in [2.45, 2.75) is 39.2 Å². The average molecular weight is 319 g/mol. The molecule has 2 aliphatic carbocycles. The summed E-state index contributed by atoms with van der Waals surface area (Å²) in [4.78, 5) is 0. The van der Waals surface area contributed by atoms with Gasteiger partial charge < -0.3 is 8.85 Å². The van der Waals surface area contributed by atoms with Gasteiger partial charge in [0.2, 0.25) is 0 Å². The average Bonchev–Trinajstić information content (AvgIpc) is 3.23. The van der Waals surface area contributed by atoms with Crippen LogP contribution < -0.4 is 0 Å². The van der Waals surface area contributed by atoms with Gasteiger partial charge >= 0.3 is 9.28 Å². The Balaban J connectivity index is 1.90. The minimum atomic E-state index is -1.51. The van der Waals surface area contributed by atoms with E-state index in [0.29, 0.717) is 17.8 Å². The maximum Gasteiger partial charge on any atom is 0.321 e. The minimum absolute atomic E-state index is 0.560. The smallest absolute Gasteiger partial charge is 0.321 e. The number of rotatable bonds is 11. The molecule has 0 unspecified atom stereocenters. The topological polar surface area (TPSA) is 18.5 Å². The SMILES string of the molecule is CCCO[SiH](CCC(C1C=CC=C1)C1C=CC=C1)OCCC. The maximum absolute atomic E-state index is 6.01. The Morgan fingerprint density at radius 3 is 1.68 bits per heavy atom. The van der Waals surface area contributed by atoms with Crippen LogP contribution in [0.2, 0.25) is 6.04 Å².